The second-order valence-corrected chi connectivity index (χ2v) is 7.66. The molecule has 1 N–H and O–H groups in total. The van der Waals surface area contributed by atoms with Gasteiger partial charge in [0.25, 0.3) is 11.7 Å². The average molecular weight is 431 g/mol. The summed E-state index contributed by atoms with van der Waals surface area (Å²) in [5.41, 5.74) is 2.28. The molecule has 1 amide bonds. The number of aliphatic hydroxyl groups is 1. The molecule has 1 heterocycles. The maximum absolute atomic E-state index is 14.9. The van der Waals surface area contributed by atoms with E-state index >= 15 is 0 Å². The Bertz CT molecular complexity index is 1260. The van der Waals surface area contributed by atoms with Gasteiger partial charge in [0.2, 0.25) is 0 Å². The zero-order valence-electron chi connectivity index (χ0n) is 17.9. The maximum Gasteiger partial charge on any atom is 0.300 e. The molecular weight excluding hydrogens is 409 g/mol. The third kappa shape index (κ3) is 3.43. The molecule has 1 saturated heterocycles. The van der Waals surface area contributed by atoms with Gasteiger partial charge in [-0.1, -0.05) is 36.4 Å². The van der Waals surface area contributed by atoms with Crippen molar-refractivity contribution in [1.29, 1.82) is 0 Å². The summed E-state index contributed by atoms with van der Waals surface area (Å²) in [5.74, 6) is -2.01. The summed E-state index contributed by atoms with van der Waals surface area (Å²) in [7, 11) is 1.54. The van der Waals surface area contributed by atoms with Crippen LogP contribution in [0.2, 0.25) is 0 Å². The fourth-order valence-electron chi connectivity index (χ4n) is 4.09. The van der Waals surface area contributed by atoms with Crippen molar-refractivity contribution in [2.24, 2.45) is 0 Å². The number of ketones is 1. The lowest BCUT2D eigenvalue weighted by Crippen LogP contribution is -2.30. The van der Waals surface area contributed by atoms with Crippen LogP contribution in [0.1, 0.15) is 28.3 Å². The number of carbonyl (C=O) groups is 2. The summed E-state index contributed by atoms with van der Waals surface area (Å²) in [6.45, 7) is 3.61. The molecule has 1 aliphatic heterocycles. The Morgan fingerprint density at radius 3 is 2.31 bits per heavy atom. The Balaban J connectivity index is 1.98. The zero-order valence-corrected chi connectivity index (χ0v) is 17.9. The van der Waals surface area contributed by atoms with Gasteiger partial charge in [-0.3, -0.25) is 14.5 Å². The SMILES string of the molecule is COc1ccc(/C(O)=C2\C(=O)C(=O)N(c3ccccc3C)C2c2ccccc2F)cc1C. The number of para-hydroxylation sites is 1. The molecule has 0 aliphatic carbocycles. The maximum atomic E-state index is 14.9. The minimum atomic E-state index is -1.11. The number of Topliss-reactive ketones (excluding diaryl/α,β-unsaturated/α-hetero) is 1. The molecule has 0 bridgehead atoms. The molecule has 3 aromatic rings. The van der Waals surface area contributed by atoms with Crippen molar-refractivity contribution in [2.75, 3.05) is 12.0 Å². The van der Waals surface area contributed by atoms with Crippen molar-refractivity contribution in [3.05, 3.63) is 100 Å². The number of aryl methyl sites for hydroxylation is 2. The minimum Gasteiger partial charge on any atom is -0.507 e. The van der Waals surface area contributed by atoms with Crippen LogP contribution in [-0.4, -0.2) is 23.9 Å². The minimum absolute atomic E-state index is 0.127. The van der Waals surface area contributed by atoms with Crippen LogP contribution in [0.15, 0.2) is 72.3 Å². The molecule has 1 atom stereocenters. The van der Waals surface area contributed by atoms with E-state index in [4.69, 9.17) is 4.74 Å². The van der Waals surface area contributed by atoms with Gasteiger partial charge in [-0.2, -0.15) is 0 Å². The zero-order chi connectivity index (χ0) is 23.0. The molecule has 0 radical (unpaired) electrons. The standard InChI is InChI=1S/C26H22FNO4/c1-15-8-4-7-11-20(15)28-23(18-9-5-6-10-19(18)27)22(25(30)26(28)31)24(29)17-12-13-21(32-3)16(2)14-17/h4-14,23,29H,1-3H3/b24-22+. The number of rotatable bonds is 4. The molecule has 32 heavy (non-hydrogen) atoms. The molecule has 0 aromatic heterocycles. The number of methoxy groups -OCH3 is 1. The van der Waals surface area contributed by atoms with Crippen molar-refractivity contribution >= 4 is 23.1 Å². The molecule has 162 valence electrons. The van der Waals surface area contributed by atoms with Gasteiger partial charge in [-0.15, -0.1) is 0 Å². The Labute approximate surface area is 185 Å². The summed E-state index contributed by atoms with van der Waals surface area (Å²) in [6.07, 6.45) is 0. The van der Waals surface area contributed by atoms with Gasteiger partial charge < -0.3 is 9.84 Å². The van der Waals surface area contributed by atoms with Crippen molar-refractivity contribution < 1.29 is 23.8 Å². The predicted molar refractivity (Wildman–Crippen MR) is 120 cm³/mol. The second-order valence-electron chi connectivity index (χ2n) is 7.66. The van der Waals surface area contributed by atoms with Crippen LogP contribution in [0.3, 0.4) is 0 Å². The molecule has 0 saturated carbocycles. The van der Waals surface area contributed by atoms with Crippen LogP contribution >= 0.6 is 0 Å². The first-order valence-electron chi connectivity index (χ1n) is 10.1. The third-order valence-electron chi connectivity index (χ3n) is 5.69. The number of ether oxygens (including phenoxy) is 1. The third-order valence-corrected chi connectivity index (χ3v) is 5.69. The predicted octanol–water partition coefficient (Wildman–Crippen LogP) is 5.08. The van der Waals surface area contributed by atoms with Crippen LogP contribution in [0.4, 0.5) is 10.1 Å². The number of halogens is 1. The van der Waals surface area contributed by atoms with Gasteiger partial charge in [0.1, 0.15) is 17.3 Å². The van der Waals surface area contributed by atoms with Gasteiger partial charge in [-0.25, -0.2) is 4.39 Å². The number of nitrogens with zero attached hydrogens (tertiary/aromatic N) is 1. The van der Waals surface area contributed by atoms with Crippen LogP contribution in [-0.2, 0) is 9.59 Å². The van der Waals surface area contributed by atoms with E-state index in [1.54, 1.807) is 56.3 Å². The van der Waals surface area contributed by atoms with Crippen molar-refractivity contribution in [3.63, 3.8) is 0 Å². The fourth-order valence-corrected chi connectivity index (χ4v) is 4.09. The molecule has 6 heteroatoms. The molecule has 1 fully saturated rings. The lowest BCUT2D eigenvalue weighted by molar-refractivity contribution is -0.132. The van der Waals surface area contributed by atoms with E-state index in [1.165, 1.54) is 30.2 Å². The monoisotopic (exact) mass is 431 g/mol. The number of amides is 1. The molecular formula is C26H22FNO4. The number of hydrogen-bond donors (Lipinski definition) is 1. The number of carbonyl (C=O) groups excluding carboxylic acids is 2. The second kappa shape index (κ2) is 8.30. The highest BCUT2D eigenvalue weighted by atomic mass is 19.1. The van der Waals surface area contributed by atoms with Crippen molar-refractivity contribution in [3.8, 4) is 5.75 Å². The van der Waals surface area contributed by atoms with Gasteiger partial charge in [0.05, 0.1) is 18.7 Å². The molecule has 1 aliphatic rings. The van der Waals surface area contributed by atoms with E-state index in [1.807, 2.05) is 6.07 Å². The van der Waals surface area contributed by atoms with Crippen LogP contribution in [0.5, 0.6) is 5.75 Å². The highest BCUT2D eigenvalue weighted by Crippen LogP contribution is 2.43. The summed E-state index contributed by atoms with van der Waals surface area (Å²) < 4.78 is 20.2. The quantitative estimate of drug-likeness (QED) is 0.356. The van der Waals surface area contributed by atoms with Gasteiger partial charge in [0, 0.05) is 16.8 Å². The average Bonchev–Trinajstić information content (AvgIpc) is 3.04. The van der Waals surface area contributed by atoms with E-state index < -0.39 is 23.5 Å². The normalized spacial score (nSPS) is 17.6. The molecule has 5 nitrogen and oxygen atoms in total. The van der Waals surface area contributed by atoms with Crippen LogP contribution in [0, 0.1) is 19.7 Å². The molecule has 1 unspecified atom stereocenters. The largest absolute Gasteiger partial charge is 0.507 e. The summed E-state index contributed by atoms with van der Waals surface area (Å²) in [6, 6.07) is 16.8. The molecule has 0 spiro atoms. The fraction of sp³-hybridized carbons (Fsp3) is 0.154. The lowest BCUT2D eigenvalue weighted by atomic mass is 9.94. The van der Waals surface area contributed by atoms with Gasteiger partial charge in [0.15, 0.2) is 0 Å². The highest BCUT2D eigenvalue weighted by molar-refractivity contribution is 6.51. The summed E-state index contributed by atoms with van der Waals surface area (Å²) >= 11 is 0. The summed E-state index contributed by atoms with van der Waals surface area (Å²) in [4.78, 5) is 27.6. The Morgan fingerprint density at radius 2 is 1.66 bits per heavy atom. The number of hydrogen-bond acceptors (Lipinski definition) is 4. The number of aliphatic hydroxyl groups excluding tert-OH is 1. The number of anilines is 1. The van der Waals surface area contributed by atoms with Crippen molar-refractivity contribution in [1.82, 2.24) is 0 Å². The lowest BCUT2D eigenvalue weighted by Gasteiger charge is -2.27. The van der Waals surface area contributed by atoms with Gasteiger partial charge >= 0.3 is 0 Å². The van der Waals surface area contributed by atoms with Gasteiger partial charge in [-0.05, 0) is 55.3 Å². The Kier molecular flexibility index (Phi) is 5.53. The number of benzene rings is 3. The van der Waals surface area contributed by atoms with E-state index in [0.717, 1.165) is 11.1 Å². The first-order chi connectivity index (χ1) is 15.3. The summed E-state index contributed by atoms with van der Waals surface area (Å²) in [5, 5.41) is 11.2. The topological polar surface area (TPSA) is 66.8 Å². The van der Waals surface area contributed by atoms with E-state index in [0.29, 0.717) is 17.0 Å². The smallest absolute Gasteiger partial charge is 0.300 e. The highest BCUT2D eigenvalue weighted by Gasteiger charge is 2.48. The van der Waals surface area contributed by atoms with E-state index in [2.05, 4.69) is 0 Å². The Morgan fingerprint density at radius 1 is 0.969 bits per heavy atom. The first kappa shape index (κ1) is 21.3. The van der Waals surface area contributed by atoms with Crippen LogP contribution < -0.4 is 9.64 Å². The molecule has 3 aromatic carbocycles. The van der Waals surface area contributed by atoms with E-state index in [9.17, 15) is 19.1 Å². The molecule has 4 rings (SSSR count). The van der Waals surface area contributed by atoms with Crippen LogP contribution in [0.25, 0.3) is 5.76 Å². The Hall–Kier alpha value is -3.93. The van der Waals surface area contributed by atoms with E-state index in [-0.39, 0.29) is 16.9 Å². The first-order valence-corrected chi connectivity index (χ1v) is 10.1. The van der Waals surface area contributed by atoms with Crippen molar-refractivity contribution in [2.45, 2.75) is 19.9 Å².